The topological polar surface area (TPSA) is 15.3 Å². The first-order valence-corrected chi connectivity index (χ1v) is 7.78. The number of para-hydroxylation sites is 1. The van der Waals surface area contributed by atoms with E-state index in [0.29, 0.717) is 11.6 Å². The maximum absolute atomic E-state index is 3.86. The van der Waals surface area contributed by atoms with Gasteiger partial charge in [0.15, 0.2) is 0 Å². The van der Waals surface area contributed by atoms with Gasteiger partial charge in [-0.3, -0.25) is 0 Å². The van der Waals surface area contributed by atoms with Gasteiger partial charge < -0.3 is 10.2 Å². The predicted molar refractivity (Wildman–Crippen MR) is 81.8 cm³/mol. The highest BCUT2D eigenvalue weighted by Crippen LogP contribution is 2.34. The normalized spacial score (nSPS) is 26.6. The second-order valence-electron chi connectivity index (χ2n) is 6.49. The van der Waals surface area contributed by atoms with Crippen molar-refractivity contribution in [3.63, 3.8) is 0 Å². The molecule has 1 unspecified atom stereocenters. The van der Waals surface area contributed by atoms with Crippen LogP contribution in [0.25, 0.3) is 0 Å². The molecule has 19 heavy (non-hydrogen) atoms. The molecule has 1 N–H and O–H groups in total. The zero-order chi connectivity index (χ0) is 13.3. The Kier molecular flexibility index (Phi) is 3.53. The highest BCUT2D eigenvalue weighted by atomic mass is 15.3. The zero-order valence-corrected chi connectivity index (χ0v) is 12.3. The van der Waals surface area contributed by atoms with Crippen molar-refractivity contribution < 1.29 is 0 Å². The van der Waals surface area contributed by atoms with Gasteiger partial charge in [-0.15, -0.1) is 0 Å². The van der Waals surface area contributed by atoms with E-state index in [1.807, 2.05) is 0 Å². The summed E-state index contributed by atoms with van der Waals surface area (Å²) in [5.41, 5.74) is 3.22. The van der Waals surface area contributed by atoms with E-state index in [9.17, 15) is 0 Å². The van der Waals surface area contributed by atoms with Crippen molar-refractivity contribution in [2.24, 2.45) is 0 Å². The van der Waals surface area contributed by atoms with E-state index in [2.05, 4.69) is 48.3 Å². The molecular formula is C17H26N2. The number of rotatable bonds is 1. The predicted octanol–water partition coefficient (Wildman–Crippen LogP) is 3.50. The van der Waals surface area contributed by atoms with Crippen LogP contribution in [0.4, 0.5) is 5.69 Å². The second-order valence-corrected chi connectivity index (χ2v) is 6.49. The summed E-state index contributed by atoms with van der Waals surface area (Å²) in [6, 6.07) is 9.42. The fraction of sp³-hybridized carbons (Fsp3) is 0.647. The van der Waals surface area contributed by atoms with E-state index in [-0.39, 0.29) is 0 Å². The third kappa shape index (κ3) is 2.51. The van der Waals surface area contributed by atoms with E-state index in [4.69, 9.17) is 0 Å². The van der Waals surface area contributed by atoms with Gasteiger partial charge in [-0.2, -0.15) is 0 Å². The number of hydrogen-bond acceptors (Lipinski definition) is 2. The molecule has 0 bridgehead atoms. The standard InChI is InChI=1S/C17H26N2/c1-14-8-4-5-9-16(14)19-13-17(18-12-15(19)2)10-6-3-7-11-17/h4-5,8-9,15,18H,3,6-7,10-13H2,1-2H3. The number of anilines is 1. The molecule has 2 heteroatoms. The van der Waals surface area contributed by atoms with Crippen molar-refractivity contribution in [3.05, 3.63) is 29.8 Å². The second kappa shape index (κ2) is 5.16. The Labute approximate surface area is 117 Å². The molecule has 0 radical (unpaired) electrons. The fourth-order valence-corrected chi connectivity index (χ4v) is 3.78. The van der Waals surface area contributed by atoms with Gasteiger partial charge in [0.2, 0.25) is 0 Å². The molecule has 2 nitrogen and oxygen atoms in total. The van der Waals surface area contributed by atoms with E-state index in [1.165, 1.54) is 49.9 Å². The Morgan fingerprint density at radius 1 is 1.16 bits per heavy atom. The van der Waals surface area contributed by atoms with E-state index in [0.717, 1.165) is 6.54 Å². The Morgan fingerprint density at radius 2 is 1.89 bits per heavy atom. The first-order chi connectivity index (χ1) is 9.20. The molecule has 1 aliphatic heterocycles. The molecule has 3 rings (SSSR count). The lowest BCUT2D eigenvalue weighted by atomic mass is 9.79. The van der Waals surface area contributed by atoms with Crippen LogP contribution in [-0.2, 0) is 0 Å². The van der Waals surface area contributed by atoms with E-state index < -0.39 is 0 Å². The van der Waals surface area contributed by atoms with Crippen LogP contribution in [-0.4, -0.2) is 24.7 Å². The van der Waals surface area contributed by atoms with Crippen LogP contribution in [0.1, 0.15) is 44.6 Å². The lowest BCUT2D eigenvalue weighted by molar-refractivity contribution is 0.200. The van der Waals surface area contributed by atoms with Gasteiger partial charge >= 0.3 is 0 Å². The smallest absolute Gasteiger partial charge is 0.0399 e. The largest absolute Gasteiger partial charge is 0.365 e. The van der Waals surface area contributed by atoms with Crippen LogP contribution in [0, 0.1) is 6.92 Å². The molecule has 1 aromatic carbocycles. The number of nitrogens with zero attached hydrogens (tertiary/aromatic N) is 1. The summed E-state index contributed by atoms with van der Waals surface area (Å²) in [5.74, 6) is 0. The van der Waals surface area contributed by atoms with Gasteiger partial charge in [0.05, 0.1) is 0 Å². The van der Waals surface area contributed by atoms with Crippen LogP contribution < -0.4 is 10.2 Å². The molecule has 2 aliphatic rings. The van der Waals surface area contributed by atoms with Crippen molar-refractivity contribution in [1.29, 1.82) is 0 Å². The van der Waals surface area contributed by atoms with Gasteiger partial charge in [-0.25, -0.2) is 0 Å². The number of nitrogens with one attached hydrogen (secondary N) is 1. The van der Waals surface area contributed by atoms with Crippen molar-refractivity contribution in [2.75, 3.05) is 18.0 Å². The molecule has 1 saturated carbocycles. The molecule has 2 fully saturated rings. The molecule has 1 spiro atoms. The molecule has 1 aromatic rings. The summed E-state index contributed by atoms with van der Waals surface area (Å²) < 4.78 is 0. The molecule has 0 amide bonds. The number of aryl methyl sites for hydroxylation is 1. The van der Waals surface area contributed by atoms with Gasteiger partial charge in [-0.1, -0.05) is 37.5 Å². The average molecular weight is 258 g/mol. The van der Waals surface area contributed by atoms with Crippen LogP contribution in [0.15, 0.2) is 24.3 Å². The SMILES string of the molecule is Cc1ccccc1N1CC2(CCCCC2)NCC1C. The van der Waals surface area contributed by atoms with Crippen LogP contribution >= 0.6 is 0 Å². The van der Waals surface area contributed by atoms with Gasteiger partial charge in [0.1, 0.15) is 0 Å². The van der Waals surface area contributed by atoms with Crippen LogP contribution in [0.2, 0.25) is 0 Å². The number of hydrogen-bond donors (Lipinski definition) is 1. The van der Waals surface area contributed by atoms with E-state index in [1.54, 1.807) is 0 Å². The summed E-state index contributed by atoms with van der Waals surface area (Å²) in [4.78, 5) is 2.64. The van der Waals surface area contributed by atoms with Crippen molar-refractivity contribution in [1.82, 2.24) is 5.32 Å². The third-order valence-corrected chi connectivity index (χ3v) is 5.01. The highest BCUT2D eigenvalue weighted by molar-refractivity contribution is 5.54. The van der Waals surface area contributed by atoms with Gasteiger partial charge in [-0.05, 0) is 38.3 Å². The summed E-state index contributed by atoms with van der Waals surface area (Å²) in [7, 11) is 0. The lowest BCUT2D eigenvalue weighted by Gasteiger charge is -2.50. The van der Waals surface area contributed by atoms with Crippen molar-refractivity contribution in [2.45, 2.75) is 57.5 Å². The summed E-state index contributed by atoms with van der Waals surface area (Å²) in [5, 5.41) is 3.86. The minimum Gasteiger partial charge on any atom is -0.365 e. The summed E-state index contributed by atoms with van der Waals surface area (Å²) in [6.45, 7) is 6.88. The Bertz CT molecular complexity index is 435. The summed E-state index contributed by atoms with van der Waals surface area (Å²) >= 11 is 0. The molecule has 104 valence electrons. The number of benzene rings is 1. The molecular weight excluding hydrogens is 232 g/mol. The Morgan fingerprint density at radius 3 is 2.63 bits per heavy atom. The highest BCUT2D eigenvalue weighted by Gasteiger charge is 2.38. The summed E-state index contributed by atoms with van der Waals surface area (Å²) in [6.07, 6.45) is 6.90. The monoisotopic (exact) mass is 258 g/mol. The third-order valence-electron chi connectivity index (χ3n) is 5.01. The molecule has 1 aliphatic carbocycles. The molecule has 0 aromatic heterocycles. The molecule has 1 atom stereocenters. The van der Waals surface area contributed by atoms with Gasteiger partial charge in [0.25, 0.3) is 0 Å². The first-order valence-electron chi connectivity index (χ1n) is 7.78. The van der Waals surface area contributed by atoms with Gasteiger partial charge in [0, 0.05) is 30.4 Å². The minimum atomic E-state index is 0.382. The van der Waals surface area contributed by atoms with Crippen molar-refractivity contribution in [3.8, 4) is 0 Å². The quantitative estimate of drug-likeness (QED) is 0.829. The maximum atomic E-state index is 3.86. The Balaban J connectivity index is 1.85. The van der Waals surface area contributed by atoms with E-state index >= 15 is 0 Å². The average Bonchev–Trinajstić information content (AvgIpc) is 2.44. The Hall–Kier alpha value is -1.02. The fourth-order valence-electron chi connectivity index (χ4n) is 3.78. The lowest BCUT2D eigenvalue weighted by Crippen LogP contribution is -2.64. The molecule has 1 saturated heterocycles. The maximum Gasteiger partial charge on any atom is 0.0399 e. The molecule has 1 heterocycles. The first kappa shape index (κ1) is 13.0. The number of piperazine rings is 1. The van der Waals surface area contributed by atoms with Crippen molar-refractivity contribution >= 4 is 5.69 Å². The minimum absolute atomic E-state index is 0.382. The van der Waals surface area contributed by atoms with Crippen LogP contribution in [0.5, 0.6) is 0 Å². The zero-order valence-electron chi connectivity index (χ0n) is 12.3. The van der Waals surface area contributed by atoms with Crippen LogP contribution in [0.3, 0.4) is 0 Å².